The fourth-order valence-corrected chi connectivity index (χ4v) is 5.30. The second kappa shape index (κ2) is 8.92. The van der Waals surface area contributed by atoms with Gasteiger partial charge in [-0.2, -0.15) is 0 Å². The fourth-order valence-electron chi connectivity index (χ4n) is 4.04. The molecule has 2 heterocycles. The summed E-state index contributed by atoms with van der Waals surface area (Å²) in [5.41, 5.74) is 0.494. The number of benzene rings is 4. The summed E-state index contributed by atoms with van der Waals surface area (Å²) < 4.78 is 46.7. The molecular formula is C28H14O10S. The number of sulfone groups is 1. The number of cyclic esters (lactones) is 4. The third kappa shape index (κ3) is 4.30. The van der Waals surface area contributed by atoms with Crippen molar-refractivity contribution in [2.24, 2.45) is 0 Å². The average Bonchev–Trinajstić information content (AvgIpc) is 3.37. The zero-order chi connectivity index (χ0) is 27.3. The molecule has 192 valence electrons. The number of esters is 4. The Hall–Kier alpha value is -5.29. The normalized spacial score (nSPS) is 13.9. The second-order valence-corrected chi connectivity index (χ2v) is 10.4. The first-order valence-corrected chi connectivity index (χ1v) is 12.8. The SMILES string of the molecule is O=C1OC(=O)c2cc(Oc3ccc(S(=O)(=O)c4ccc(Oc5ccc6c(c5)C(=O)OC6=O)cc4)cc3)ccc21. The fraction of sp³-hybridized carbons (Fsp3) is 0. The third-order valence-corrected chi connectivity index (χ3v) is 7.76. The number of ether oxygens (including phenoxy) is 4. The van der Waals surface area contributed by atoms with Gasteiger partial charge in [-0.3, -0.25) is 0 Å². The minimum absolute atomic E-state index is 0.0217. The lowest BCUT2D eigenvalue weighted by molar-refractivity contribution is 0.0425. The van der Waals surface area contributed by atoms with Gasteiger partial charge in [-0.05, 0) is 84.9 Å². The van der Waals surface area contributed by atoms with Gasteiger partial charge >= 0.3 is 23.9 Å². The lowest BCUT2D eigenvalue weighted by Gasteiger charge is -2.10. The Morgan fingerprint density at radius 3 is 1.15 bits per heavy atom. The maximum absolute atomic E-state index is 13.1. The Labute approximate surface area is 220 Å². The van der Waals surface area contributed by atoms with E-state index in [0.29, 0.717) is 11.5 Å². The number of rotatable bonds is 6. The van der Waals surface area contributed by atoms with E-state index in [-0.39, 0.29) is 43.5 Å². The number of hydrogen-bond acceptors (Lipinski definition) is 10. The molecule has 4 aromatic rings. The first-order chi connectivity index (χ1) is 18.7. The van der Waals surface area contributed by atoms with Gasteiger partial charge in [0, 0.05) is 0 Å². The van der Waals surface area contributed by atoms with Crippen molar-refractivity contribution in [2.75, 3.05) is 0 Å². The van der Waals surface area contributed by atoms with Gasteiger partial charge < -0.3 is 18.9 Å². The predicted molar refractivity (Wildman–Crippen MR) is 131 cm³/mol. The molecule has 0 aromatic heterocycles. The monoisotopic (exact) mass is 542 g/mol. The first-order valence-electron chi connectivity index (χ1n) is 11.3. The lowest BCUT2D eigenvalue weighted by Crippen LogP contribution is -2.02. The van der Waals surface area contributed by atoms with Gasteiger partial charge in [0.1, 0.15) is 23.0 Å². The van der Waals surface area contributed by atoms with Crippen LogP contribution in [0.4, 0.5) is 0 Å². The number of hydrogen-bond donors (Lipinski definition) is 0. The highest BCUT2D eigenvalue weighted by Gasteiger charge is 2.31. The summed E-state index contributed by atoms with van der Waals surface area (Å²) in [5.74, 6) is -1.77. The summed E-state index contributed by atoms with van der Waals surface area (Å²) >= 11 is 0. The van der Waals surface area contributed by atoms with E-state index in [9.17, 15) is 27.6 Å². The number of carbonyl (C=O) groups is 4. The zero-order valence-electron chi connectivity index (χ0n) is 19.6. The highest BCUT2D eigenvalue weighted by atomic mass is 32.2. The summed E-state index contributed by atoms with van der Waals surface area (Å²) in [6.45, 7) is 0. The topological polar surface area (TPSA) is 139 Å². The Morgan fingerprint density at radius 2 is 0.769 bits per heavy atom. The van der Waals surface area contributed by atoms with Crippen molar-refractivity contribution in [2.45, 2.75) is 9.79 Å². The van der Waals surface area contributed by atoms with E-state index in [1.807, 2.05) is 0 Å². The molecule has 0 atom stereocenters. The van der Waals surface area contributed by atoms with Gasteiger partial charge in [0.15, 0.2) is 0 Å². The van der Waals surface area contributed by atoms with Crippen LogP contribution in [0.2, 0.25) is 0 Å². The van der Waals surface area contributed by atoms with E-state index >= 15 is 0 Å². The molecule has 2 aliphatic rings. The third-order valence-electron chi connectivity index (χ3n) is 5.97. The Balaban J connectivity index is 1.16. The van der Waals surface area contributed by atoms with Crippen LogP contribution in [0.1, 0.15) is 41.4 Å². The van der Waals surface area contributed by atoms with Gasteiger partial charge in [0.2, 0.25) is 9.84 Å². The highest BCUT2D eigenvalue weighted by Crippen LogP contribution is 2.32. The number of carbonyl (C=O) groups excluding carboxylic acids is 4. The van der Waals surface area contributed by atoms with Crippen molar-refractivity contribution in [3.63, 3.8) is 0 Å². The van der Waals surface area contributed by atoms with Crippen LogP contribution in [0.3, 0.4) is 0 Å². The van der Waals surface area contributed by atoms with Gasteiger partial charge in [-0.25, -0.2) is 27.6 Å². The molecule has 0 N–H and O–H groups in total. The summed E-state index contributed by atoms with van der Waals surface area (Å²) in [6.07, 6.45) is 0. The van der Waals surface area contributed by atoms with Gasteiger partial charge in [0.25, 0.3) is 0 Å². The van der Waals surface area contributed by atoms with Crippen molar-refractivity contribution in [1.82, 2.24) is 0 Å². The quantitative estimate of drug-likeness (QED) is 0.248. The Morgan fingerprint density at radius 1 is 0.436 bits per heavy atom. The molecule has 2 aliphatic heterocycles. The minimum Gasteiger partial charge on any atom is -0.457 e. The van der Waals surface area contributed by atoms with Crippen LogP contribution in [0, 0.1) is 0 Å². The smallest absolute Gasteiger partial charge is 0.347 e. The predicted octanol–water partition coefficient (Wildman–Crippen LogP) is 4.73. The van der Waals surface area contributed by atoms with Crippen molar-refractivity contribution < 1.29 is 46.5 Å². The molecule has 0 spiro atoms. The van der Waals surface area contributed by atoms with E-state index in [4.69, 9.17) is 9.47 Å². The van der Waals surface area contributed by atoms with Gasteiger partial charge in [0.05, 0.1) is 32.0 Å². The van der Waals surface area contributed by atoms with E-state index in [2.05, 4.69) is 9.47 Å². The number of fused-ring (bicyclic) bond motifs is 2. The van der Waals surface area contributed by atoms with Crippen LogP contribution in [0.25, 0.3) is 0 Å². The van der Waals surface area contributed by atoms with Crippen LogP contribution < -0.4 is 9.47 Å². The second-order valence-electron chi connectivity index (χ2n) is 8.42. The molecule has 0 unspecified atom stereocenters. The van der Waals surface area contributed by atoms with E-state index in [0.717, 1.165) is 0 Å². The molecule has 0 fully saturated rings. The van der Waals surface area contributed by atoms with Crippen LogP contribution in [-0.2, 0) is 19.3 Å². The molecule has 39 heavy (non-hydrogen) atoms. The standard InChI is InChI=1S/C28H14O10S/c29-25-21-11-5-17(13-23(21)27(31)37-25)35-15-1-7-19(8-2-15)39(33,34)20-9-3-16(4-10-20)36-18-6-12-22-24(14-18)28(32)38-26(22)30/h1-14H. The van der Waals surface area contributed by atoms with Crippen LogP contribution in [0.5, 0.6) is 23.0 Å². The molecule has 0 saturated carbocycles. The van der Waals surface area contributed by atoms with Crippen molar-refractivity contribution in [3.05, 3.63) is 107 Å². The molecule has 0 amide bonds. The molecule has 0 aliphatic carbocycles. The molecule has 6 rings (SSSR count). The minimum atomic E-state index is -3.87. The van der Waals surface area contributed by atoms with Gasteiger partial charge in [-0.15, -0.1) is 0 Å². The van der Waals surface area contributed by atoms with Gasteiger partial charge in [-0.1, -0.05) is 0 Å². The largest absolute Gasteiger partial charge is 0.457 e. The summed E-state index contributed by atoms with van der Waals surface area (Å²) in [4.78, 5) is 46.7. The molecule has 0 radical (unpaired) electrons. The average molecular weight is 542 g/mol. The van der Waals surface area contributed by atoms with Crippen LogP contribution in [0.15, 0.2) is 94.7 Å². The van der Waals surface area contributed by atoms with E-state index in [1.54, 1.807) is 0 Å². The van der Waals surface area contributed by atoms with Crippen molar-refractivity contribution >= 4 is 33.7 Å². The van der Waals surface area contributed by atoms with Crippen LogP contribution >= 0.6 is 0 Å². The molecule has 4 aromatic carbocycles. The molecule has 11 heteroatoms. The van der Waals surface area contributed by atoms with E-state index in [1.165, 1.54) is 84.9 Å². The van der Waals surface area contributed by atoms with Crippen molar-refractivity contribution in [1.29, 1.82) is 0 Å². The molecule has 0 saturated heterocycles. The van der Waals surface area contributed by atoms with E-state index < -0.39 is 33.7 Å². The zero-order valence-corrected chi connectivity index (χ0v) is 20.4. The highest BCUT2D eigenvalue weighted by molar-refractivity contribution is 7.91. The first kappa shape index (κ1) is 24.1. The maximum atomic E-state index is 13.1. The molecule has 10 nitrogen and oxygen atoms in total. The summed E-state index contributed by atoms with van der Waals surface area (Å²) in [6, 6.07) is 20.0. The molecule has 0 bridgehead atoms. The summed E-state index contributed by atoms with van der Waals surface area (Å²) in [7, 11) is -3.87. The maximum Gasteiger partial charge on any atom is 0.347 e. The Bertz CT molecular complexity index is 1690. The van der Waals surface area contributed by atoms with Crippen LogP contribution in [-0.4, -0.2) is 32.3 Å². The Kier molecular flexibility index (Phi) is 5.51. The lowest BCUT2D eigenvalue weighted by atomic mass is 10.1. The molecular weight excluding hydrogens is 528 g/mol. The summed E-state index contributed by atoms with van der Waals surface area (Å²) in [5, 5.41) is 0. The van der Waals surface area contributed by atoms with Crippen molar-refractivity contribution in [3.8, 4) is 23.0 Å².